The van der Waals surface area contributed by atoms with E-state index in [0.29, 0.717) is 6.42 Å². The molecule has 102 valence electrons. The van der Waals surface area contributed by atoms with Crippen molar-refractivity contribution in [3.8, 4) is 0 Å². The summed E-state index contributed by atoms with van der Waals surface area (Å²) >= 11 is 5.73. The van der Waals surface area contributed by atoms with E-state index >= 15 is 0 Å². The van der Waals surface area contributed by atoms with Crippen LogP contribution in [0.3, 0.4) is 0 Å². The van der Waals surface area contributed by atoms with Crippen LogP contribution < -0.4 is 4.72 Å². The zero-order valence-corrected chi connectivity index (χ0v) is 11.6. The first kappa shape index (κ1) is 15.4. The summed E-state index contributed by atoms with van der Waals surface area (Å²) in [4.78, 5) is -0.185. The number of aliphatic hydroxyl groups is 1. The van der Waals surface area contributed by atoms with Crippen molar-refractivity contribution in [2.75, 3.05) is 6.61 Å². The van der Waals surface area contributed by atoms with Crippen LogP contribution in [-0.4, -0.2) is 26.2 Å². The highest BCUT2D eigenvalue weighted by Crippen LogP contribution is 2.24. The van der Waals surface area contributed by atoms with Crippen molar-refractivity contribution in [1.82, 2.24) is 4.72 Å². The van der Waals surface area contributed by atoms with E-state index in [0.717, 1.165) is 6.07 Å². The molecule has 0 aromatic heterocycles. The third kappa shape index (κ3) is 3.41. The highest BCUT2D eigenvalue weighted by atomic mass is 35.5. The minimum Gasteiger partial charge on any atom is -0.395 e. The third-order valence-electron chi connectivity index (χ3n) is 2.54. The van der Waals surface area contributed by atoms with Crippen LogP contribution in [0.15, 0.2) is 17.0 Å². The van der Waals surface area contributed by atoms with E-state index < -0.39 is 21.9 Å². The van der Waals surface area contributed by atoms with Crippen LogP contribution in [0.25, 0.3) is 0 Å². The number of halogens is 2. The minimum absolute atomic E-state index is 0.182. The Morgan fingerprint density at radius 2 is 2.11 bits per heavy atom. The molecule has 0 aliphatic carbocycles. The van der Waals surface area contributed by atoms with Crippen LogP contribution in [0.5, 0.6) is 0 Å². The molecule has 1 atom stereocenters. The van der Waals surface area contributed by atoms with Crippen molar-refractivity contribution >= 4 is 21.6 Å². The van der Waals surface area contributed by atoms with Crippen LogP contribution in [0.1, 0.15) is 18.9 Å². The molecule has 0 saturated heterocycles. The summed E-state index contributed by atoms with van der Waals surface area (Å²) in [5.74, 6) is -0.562. The molecule has 0 radical (unpaired) electrons. The Bertz CT molecular complexity index is 529. The molecule has 0 saturated carbocycles. The van der Waals surface area contributed by atoms with Gasteiger partial charge in [0.05, 0.1) is 11.6 Å². The second-order valence-corrected chi connectivity index (χ2v) is 6.03. The predicted molar refractivity (Wildman–Crippen MR) is 67.6 cm³/mol. The Labute approximate surface area is 111 Å². The van der Waals surface area contributed by atoms with Gasteiger partial charge < -0.3 is 5.11 Å². The zero-order chi connectivity index (χ0) is 13.9. The largest absolute Gasteiger partial charge is 0.395 e. The van der Waals surface area contributed by atoms with E-state index in [1.807, 2.05) is 0 Å². The van der Waals surface area contributed by atoms with Gasteiger partial charge in [-0.1, -0.05) is 18.5 Å². The fraction of sp³-hybridized carbons (Fsp3) is 0.455. The van der Waals surface area contributed by atoms with E-state index in [9.17, 15) is 12.8 Å². The molecule has 0 heterocycles. The Hall–Kier alpha value is -0.690. The lowest BCUT2D eigenvalue weighted by Gasteiger charge is -2.15. The molecule has 0 spiro atoms. The lowest BCUT2D eigenvalue weighted by atomic mass is 10.2. The second kappa shape index (κ2) is 5.97. The molecule has 7 heteroatoms. The highest BCUT2D eigenvalue weighted by Gasteiger charge is 2.22. The van der Waals surface area contributed by atoms with Gasteiger partial charge in [-0.25, -0.2) is 17.5 Å². The fourth-order valence-electron chi connectivity index (χ4n) is 1.37. The van der Waals surface area contributed by atoms with E-state index in [2.05, 4.69) is 4.72 Å². The Morgan fingerprint density at radius 3 is 2.61 bits per heavy atom. The Morgan fingerprint density at radius 1 is 1.50 bits per heavy atom. The number of rotatable bonds is 5. The van der Waals surface area contributed by atoms with Crippen molar-refractivity contribution in [3.05, 3.63) is 28.5 Å². The monoisotopic (exact) mass is 295 g/mol. The molecule has 0 aliphatic heterocycles. The Kier molecular flexibility index (Phi) is 5.10. The first-order valence-corrected chi connectivity index (χ1v) is 7.26. The van der Waals surface area contributed by atoms with Crippen LogP contribution in [0.4, 0.5) is 4.39 Å². The van der Waals surface area contributed by atoms with Gasteiger partial charge in [-0.2, -0.15) is 0 Å². The highest BCUT2D eigenvalue weighted by molar-refractivity contribution is 7.89. The zero-order valence-electron chi connectivity index (χ0n) is 10.1. The summed E-state index contributed by atoms with van der Waals surface area (Å²) in [5, 5.41) is 8.80. The third-order valence-corrected chi connectivity index (χ3v) is 4.52. The van der Waals surface area contributed by atoms with Gasteiger partial charge in [0.15, 0.2) is 0 Å². The van der Waals surface area contributed by atoms with Crippen molar-refractivity contribution in [2.45, 2.75) is 31.2 Å². The van der Waals surface area contributed by atoms with Gasteiger partial charge in [-0.05, 0) is 31.0 Å². The van der Waals surface area contributed by atoms with Gasteiger partial charge in [0.1, 0.15) is 10.7 Å². The van der Waals surface area contributed by atoms with Crippen molar-refractivity contribution < 1.29 is 17.9 Å². The van der Waals surface area contributed by atoms with Crippen LogP contribution in [0.2, 0.25) is 5.02 Å². The van der Waals surface area contributed by atoms with Crippen LogP contribution >= 0.6 is 11.6 Å². The SMILES string of the molecule is CC[C@H](CO)NS(=O)(=O)c1cc(C)c(F)cc1Cl. The standard InChI is InChI=1S/C11H15ClFNO3S/c1-3-8(6-15)14-18(16,17)11-4-7(2)10(13)5-9(11)12/h4-5,8,14-15H,3,6H2,1-2H3/t8-/m1/s1. The molecule has 0 fully saturated rings. The quantitative estimate of drug-likeness (QED) is 0.871. The van der Waals surface area contributed by atoms with Crippen molar-refractivity contribution in [1.29, 1.82) is 0 Å². The molecule has 0 bridgehead atoms. The topological polar surface area (TPSA) is 66.4 Å². The first-order valence-electron chi connectivity index (χ1n) is 5.40. The first-order chi connectivity index (χ1) is 8.31. The maximum absolute atomic E-state index is 13.2. The molecular weight excluding hydrogens is 281 g/mol. The summed E-state index contributed by atoms with van der Waals surface area (Å²) in [6.45, 7) is 2.88. The molecule has 4 nitrogen and oxygen atoms in total. The minimum atomic E-state index is -3.86. The summed E-state index contributed by atoms with van der Waals surface area (Å²) in [6.07, 6.45) is 0.438. The summed E-state index contributed by atoms with van der Waals surface area (Å²) in [5.41, 5.74) is 0.192. The van der Waals surface area contributed by atoms with Crippen molar-refractivity contribution in [2.24, 2.45) is 0 Å². The van der Waals surface area contributed by atoms with Gasteiger partial charge in [0.2, 0.25) is 10.0 Å². The maximum atomic E-state index is 13.2. The van der Waals surface area contributed by atoms with Crippen LogP contribution in [-0.2, 0) is 10.0 Å². The summed E-state index contributed by atoms with van der Waals surface area (Å²) < 4.78 is 39.5. The molecule has 1 aromatic carbocycles. The van der Waals surface area contributed by atoms with E-state index in [4.69, 9.17) is 16.7 Å². The number of hydrogen-bond acceptors (Lipinski definition) is 3. The van der Waals surface area contributed by atoms with Gasteiger partial charge >= 0.3 is 0 Å². The van der Waals surface area contributed by atoms with E-state index in [1.54, 1.807) is 6.92 Å². The number of nitrogens with one attached hydrogen (secondary N) is 1. The van der Waals surface area contributed by atoms with Gasteiger partial charge in [-0.3, -0.25) is 0 Å². The summed E-state index contributed by atoms with van der Waals surface area (Å²) in [6, 6.07) is 1.55. The lowest BCUT2D eigenvalue weighted by Crippen LogP contribution is -2.37. The predicted octanol–water partition coefficient (Wildman–Crippen LogP) is 1.84. The molecule has 18 heavy (non-hydrogen) atoms. The molecule has 0 unspecified atom stereocenters. The molecule has 0 amide bonds. The molecule has 2 N–H and O–H groups in total. The number of aryl methyl sites for hydroxylation is 1. The lowest BCUT2D eigenvalue weighted by molar-refractivity contribution is 0.254. The average molecular weight is 296 g/mol. The summed E-state index contributed by atoms with van der Waals surface area (Å²) in [7, 11) is -3.86. The smallest absolute Gasteiger partial charge is 0.242 e. The second-order valence-electron chi connectivity index (χ2n) is 3.94. The van der Waals surface area contributed by atoms with E-state index in [-0.39, 0.29) is 22.1 Å². The number of hydrogen-bond donors (Lipinski definition) is 2. The maximum Gasteiger partial charge on any atom is 0.242 e. The molecule has 0 aliphatic rings. The fourth-order valence-corrected chi connectivity index (χ4v) is 3.28. The van der Waals surface area contributed by atoms with E-state index in [1.165, 1.54) is 13.0 Å². The number of aliphatic hydroxyl groups excluding tert-OH is 1. The Balaban J connectivity index is 3.16. The van der Waals surface area contributed by atoms with Gasteiger partial charge in [-0.15, -0.1) is 0 Å². The average Bonchev–Trinajstić information content (AvgIpc) is 2.30. The molecule has 1 rings (SSSR count). The van der Waals surface area contributed by atoms with Crippen LogP contribution in [0, 0.1) is 12.7 Å². The van der Waals surface area contributed by atoms with Gasteiger partial charge in [0.25, 0.3) is 0 Å². The normalized spacial score (nSPS) is 13.6. The van der Waals surface area contributed by atoms with Gasteiger partial charge in [0, 0.05) is 6.04 Å². The number of benzene rings is 1. The number of sulfonamides is 1. The molecular formula is C11H15ClFNO3S. The molecule has 1 aromatic rings. The van der Waals surface area contributed by atoms with Crippen molar-refractivity contribution in [3.63, 3.8) is 0 Å².